The summed E-state index contributed by atoms with van der Waals surface area (Å²) in [6, 6.07) is 0. The SMILES string of the molecule is CCCCCCCC(=O)N1CC(C)(OCC(=O)O)C1. The molecule has 5 heteroatoms. The van der Waals surface area contributed by atoms with Gasteiger partial charge in [-0.05, 0) is 13.3 Å². The summed E-state index contributed by atoms with van der Waals surface area (Å²) >= 11 is 0. The van der Waals surface area contributed by atoms with Crippen LogP contribution in [0.3, 0.4) is 0 Å². The summed E-state index contributed by atoms with van der Waals surface area (Å²) in [5.41, 5.74) is -0.476. The first kappa shape index (κ1) is 16.0. The van der Waals surface area contributed by atoms with Gasteiger partial charge in [-0.15, -0.1) is 0 Å². The minimum absolute atomic E-state index is 0.160. The van der Waals surface area contributed by atoms with Crippen molar-refractivity contribution in [2.75, 3.05) is 19.7 Å². The van der Waals surface area contributed by atoms with Crippen LogP contribution in [0.25, 0.3) is 0 Å². The third-order valence-electron chi connectivity index (χ3n) is 3.44. The minimum Gasteiger partial charge on any atom is -0.480 e. The fourth-order valence-corrected chi connectivity index (χ4v) is 2.30. The largest absolute Gasteiger partial charge is 0.480 e. The van der Waals surface area contributed by atoms with Crippen LogP contribution < -0.4 is 0 Å². The quantitative estimate of drug-likeness (QED) is 0.652. The molecule has 1 rings (SSSR count). The van der Waals surface area contributed by atoms with Crippen molar-refractivity contribution in [2.45, 2.75) is 58.0 Å². The molecule has 1 aliphatic rings. The Kier molecular flexibility index (Phi) is 6.28. The first-order chi connectivity index (χ1) is 8.97. The van der Waals surface area contributed by atoms with Gasteiger partial charge in [0.25, 0.3) is 0 Å². The topological polar surface area (TPSA) is 66.8 Å². The lowest BCUT2D eigenvalue weighted by Crippen LogP contribution is -2.63. The highest BCUT2D eigenvalue weighted by molar-refractivity contribution is 5.77. The number of carbonyl (C=O) groups excluding carboxylic acids is 1. The summed E-state index contributed by atoms with van der Waals surface area (Å²) in [5.74, 6) is -0.810. The van der Waals surface area contributed by atoms with Crippen LogP contribution in [0.15, 0.2) is 0 Å². The molecule has 0 atom stereocenters. The fourth-order valence-electron chi connectivity index (χ4n) is 2.30. The molecule has 0 radical (unpaired) electrons. The van der Waals surface area contributed by atoms with Crippen LogP contribution in [-0.2, 0) is 14.3 Å². The molecule has 1 aliphatic heterocycles. The van der Waals surface area contributed by atoms with Crippen LogP contribution in [0.5, 0.6) is 0 Å². The van der Waals surface area contributed by atoms with E-state index in [2.05, 4.69) is 6.92 Å². The third-order valence-corrected chi connectivity index (χ3v) is 3.44. The van der Waals surface area contributed by atoms with Crippen LogP contribution in [0.4, 0.5) is 0 Å². The number of carboxylic acid groups (broad SMARTS) is 1. The molecule has 1 fully saturated rings. The van der Waals surface area contributed by atoms with Crippen LogP contribution in [0, 0.1) is 0 Å². The molecule has 1 N–H and O–H groups in total. The van der Waals surface area contributed by atoms with Crippen molar-refractivity contribution in [1.82, 2.24) is 4.90 Å². The van der Waals surface area contributed by atoms with Crippen molar-refractivity contribution < 1.29 is 19.4 Å². The van der Waals surface area contributed by atoms with E-state index in [4.69, 9.17) is 9.84 Å². The molecule has 0 unspecified atom stereocenters. The van der Waals surface area contributed by atoms with Gasteiger partial charge >= 0.3 is 5.97 Å². The van der Waals surface area contributed by atoms with Crippen molar-refractivity contribution in [3.63, 3.8) is 0 Å². The van der Waals surface area contributed by atoms with Crippen molar-refractivity contribution in [3.8, 4) is 0 Å². The lowest BCUT2D eigenvalue weighted by molar-refractivity contribution is -0.173. The first-order valence-electron chi connectivity index (χ1n) is 7.10. The Labute approximate surface area is 114 Å². The Bertz CT molecular complexity index is 311. The van der Waals surface area contributed by atoms with E-state index in [1.165, 1.54) is 19.3 Å². The van der Waals surface area contributed by atoms with Gasteiger partial charge in [0.1, 0.15) is 12.2 Å². The summed E-state index contributed by atoms with van der Waals surface area (Å²) in [7, 11) is 0. The Hall–Kier alpha value is -1.10. The average Bonchev–Trinajstić information content (AvgIpc) is 2.32. The van der Waals surface area contributed by atoms with Gasteiger partial charge in [0.2, 0.25) is 5.91 Å². The molecule has 0 aliphatic carbocycles. The van der Waals surface area contributed by atoms with Gasteiger partial charge in [-0.1, -0.05) is 32.6 Å². The van der Waals surface area contributed by atoms with Gasteiger partial charge in [0, 0.05) is 6.42 Å². The number of aliphatic carboxylic acids is 1. The van der Waals surface area contributed by atoms with E-state index in [0.717, 1.165) is 12.8 Å². The van der Waals surface area contributed by atoms with E-state index in [1.807, 2.05) is 6.92 Å². The number of carboxylic acids is 1. The number of rotatable bonds is 9. The zero-order valence-corrected chi connectivity index (χ0v) is 12.0. The van der Waals surface area contributed by atoms with Crippen molar-refractivity contribution in [1.29, 1.82) is 0 Å². The molecular weight excluding hydrogens is 246 g/mol. The fraction of sp³-hybridized carbons (Fsp3) is 0.857. The standard InChI is InChI=1S/C14H25NO4/c1-3-4-5-6-7-8-12(16)15-10-14(2,11-15)19-9-13(17)18/h3-11H2,1-2H3,(H,17,18). The number of unbranched alkanes of at least 4 members (excludes halogenated alkanes) is 4. The summed E-state index contributed by atoms with van der Waals surface area (Å²) in [4.78, 5) is 24.0. The van der Waals surface area contributed by atoms with Crippen molar-refractivity contribution >= 4 is 11.9 Å². The Morgan fingerprint density at radius 2 is 1.84 bits per heavy atom. The van der Waals surface area contributed by atoms with Crippen LogP contribution in [0.2, 0.25) is 0 Å². The number of hydrogen-bond donors (Lipinski definition) is 1. The van der Waals surface area contributed by atoms with Gasteiger partial charge in [0.15, 0.2) is 0 Å². The molecule has 0 aromatic heterocycles. The first-order valence-corrected chi connectivity index (χ1v) is 7.10. The second-order valence-electron chi connectivity index (χ2n) is 5.55. The molecule has 0 bridgehead atoms. The smallest absolute Gasteiger partial charge is 0.329 e. The Balaban J connectivity index is 2.11. The number of likely N-dealkylation sites (tertiary alicyclic amines) is 1. The normalized spacial score (nSPS) is 17.1. The highest BCUT2D eigenvalue weighted by Gasteiger charge is 2.42. The molecule has 0 aromatic rings. The molecule has 1 saturated heterocycles. The maximum atomic E-state index is 11.8. The number of amides is 1. The molecule has 19 heavy (non-hydrogen) atoms. The predicted molar refractivity (Wildman–Crippen MR) is 71.9 cm³/mol. The van der Waals surface area contributed by atoms with E-state index in [1.54, 1.807) is 4.90 Å². The summed E-state index contributed by atoms with van der Waals surface area (Å²) in [5, 5.41) is 8.55. The molecule has 0 aromatic carbocycles. The van der Waals surface area contributed by atoms with Crippen molar-refractivity contribution in [3.05, 3.63) is 0 Å². The summed E-state index contributed by atoms with van der Waals surface area (Å²) in [6.07, 6.45) is 6.29. The van der Waals surface area contributed by atoms with Crippen LogP contribution >= 0.6 is 0 Å². The van der Waals surface area contributed by atoms with E-state index < -0.39 is 11.6 Å². The van der Waals surface area contributed by atoms with Crippen LogP contribution in [-0.4, -0.2) is 47.2 Å². The summed E-state index contributed by atoms with van der Waals surface area (Å²) < 4.78 is 5.27. The molecule has 0 saturated carbocycles. The van der Waals surface area contributed by atoms with E-state index in [0.29, 0.717) is 19.5 Å². The third kappa shape index (κ3) is 5.59. The van der Waals surface area contributed by atoms with Gasteiger partial charge in [-0.25, -0.2) is 4.79 Å². The molecule has 0 spiro atoms. The highest BCUT2D eigenvalue weighted by atomic mass is 16.5. The maximum absolute atomic E-state index is 11.8. The van der Waals surface area contributed by atoms with E-state index in [9.17, 15) is 9.59 Å². The zero-order chi connectivity index (χ0) is 14.3. The molecule has 1 heterocycles. The average molecular weight is 271 g/mol. The Morgan fingerprint density at radius 3 is 2.42 bits per heavy atom. The minimum atomic E-state index is -0.970. The van der Waals surface area contributed by atoms with Gasteiger partial charge in [-0.3, -0.25) is 4.79 Å². The molecule has 110 valence electrons. The predicted octanol–water partition coefficient (Wildman–Crippen LogP) is 2.05. The van der Waals surface area contributed by atoms with Crippen molar-refractivity contribution in [2.24, 2.45) is 0 Å². The van der Waals surface area contributed by atoms with Gasteiger partial charge in [-0.2, -0.15) is 0 Å². The number of carbonyl (C=O) groups is 2. The Morgan fingerprint density at radius 1 is 1.21 bits per heavy atom. The zero-order valence-electron chi connectivity index (χ0n) is 12.0. The van der Waals surface area contributed by atoms with Gasteiger partial charge in [0.05, 0.1) is 13.1 Å². The molecular formula is C14H25NO4. The maximum Gasteiger partial charge on any atom is 0.329 e. The molecule has 5 nitrogen and oxygen atoms in total. The number of nitrogens with zero attached hydrogens (tertiary/aromatic N) is 1. The molecule has 1 amide bonds. The van der Waals surface area contributed by atoms with Crippen LogP contribution in [0.1, 0.15) is 52.4 Å². The van der Waals surface area contributed by atoms with E-state index in [-0.39, 0.29) is 12.5 Å². The second kappa shape index (κ2) is 7.48. The van der Waals surface area contributed by atoms with E-state index >= 15 is 0 Å². The summed E-state index contributed by atoms with van der Waals surface area (Å²) in [6.45, 7) is 4.74. The number of hydrogen-bond acceptors (Lipinski definition) is 3. The van der Waals surface area contributed by atoms with Gasteiger partial charge < -0.3 is 14.7 Å². The number of ether oxygens (including phenoxy) is 1. The second-order valence-corrected chi connectivity index (χ2v) is 5.55. The highest BCUT2D eigenvalue weighted by Crippen LogP contribution is 2.25. The lowest BCUT2D eigenvalue weighted by Gasteiger charge is -2.47. The monoisotopic (exact) mass is 271 g/mol. The lowest BCUT2D eigenvalue weighted by atomic mass is 9.95.